The van der Waals surface area contributed by atoms with Crippen LogP contribution >= 0.6 is 0 Å². The third kappa shape index (κ3) is 1.83. The van der Waals surface area contributed by atoms with Gasteiger partial charge in [0.1, 0.15) is 0 Å². The van der Waals surface area contributed by atoms with Crippen molar-refractivity contribution in [2.45, 2.75) is 6.29 Å². The molecule has 2 aromatic rings. The van der Waals surface area contributed by atoms with Crippen molar-refractivity contribution in [3.8, 4) is 11.5 Å². The first-order valence-electron chi connectivity index (χ1n) is 5.18. The normalized spacial score (nSPS) is 15.7. The molecule has 0 unspecified atom stereocenters. The molecular formula is C11H9F2N3O2. The fourth-order valence-electron chi connectivity index (χ4n) is 1.64. The van der Waals surface area contributed by atoms with E-state index in [-0.39, 0.29) is 11.5 Å². The van der Waals surface area contributed by atoms with Crippen LogP contribution in [0.15, 0.2) is 30.6 Å². The van der Waals surface area contributed by atoms with Crippen LogP contribution in [0.1, 0.15) is 0 Å². The molecule has 7 heteroatoms. The van der Waals surface area contributed by atoms with Crippen LogP contribution in [0.25, 0.3) is 0 Å². The van der Waals surface area contributed by atoms with Crippen LogP contribution in [-0.4, -0.2) is 15.8 Å². The number of alkyl halides is 2. The molecule has 0 saturated carbocycles. The molecule has 0 spiro atoms. The standard InChI is InChI=1S/C11H9F2N3O2/c1-16-5-4-14-10(16)15-7-2-3-8-9(6-7)18-11(12,13)17-8/h2-6H,1H3,(H,14,15). The summed E-state index contributed by atoms with van der Waals surface area (Å²) < 4.78 is 36.1. The van der Waals surface area contributed by atoms with E-state index in [1.165, 1.54) is 12.1 Å². The van der Waals surface area contributed by atoms with E-state index in [9.17, 15) is 8.78 Å². The Morgan fingerprint density at radius 2 is 2.06 bits per heavy atom. The summed E-state index contributed by atoms with van der Waals surface area (Å²) in [6.07, 6.45) is -0.197. The minimum absolute atomic E-state index is 0.000732. The highest BCUT2D eigenvalue weighted by Gasteiger charge is 2.43. The Bertz CT molecular complexity index is 598. The number of benzene rings is 1. The summed E-state index contributed by atoms with van der Waals surface area (Å²) in [6, 6.07) is 4.46. The lowest BCUT2D eigenvalue weighted by Crippen LogP contribution is -2.25. The van der Waals surface area contributed by atoms with Crippen molar-refractivity contribution in [1.29, 1.82) is 0 Å². The zero-order chi connectivity index (χ0) is 12.8. The van der Waals surface area contributed by atoms with Crippen molar-refractivity contribution >= 4 is 11.6 Å². The summed E-state index contributed by atoms with van der Waals surface area (Å²) in [5.41, 5.74) is 0.587. The van der Waals surface area contributed by atoms with Crippen LogP contribution in [0, 0.1) is 0 Å². The van der Waals surface area contributed by atoms with E-state index in [2.05, 4.69) is 19.8 Å². The Kier molecular flexibility index (Phi) is 2.16. The second-order valence-electron chi connectivity index (χ2n) is 3.82. The van der Waals surface area contributed by atoms with E-state index < -0.39 is 6.29 Å². The molecule has 1 aliphatic rings. The molecule has 94 valence electrons. The molecule has 3 rings (SSSR count). The zero-order valence-electron chi connectivity index (χ0n) is 9.35. The van der Waals surface area contributed by atoms with Gasteiger partial charge in [-0.25, -0.2) is 4.98 Å². The van der Waals surface area contributed by atoms with E-state index >= 15 is 0 Å². The van der Waals surface area contributed by atoms with E-state index in [1.807, 2.05) is 7.05 Å². The molecule has 1 N–H and O–H groups in total. The maximum Gasteiger partial charge on any atom is 0.586 e. The number of hydrogen-bond acceptors (Lipinski definition) is 4. The zero-order valence-corrected chi connectivity index (χ0v) is 9.35. The van der Waals surface area contributed by atoms with Gasteiger partial charge < -0.3 is 19.4 Å². The molecule has 2 heterocycles. The van der Waals surface area contributed by atoms with Gasteiger partial charge >= 0.3 is 6.29 Å². The van der Waals surface area contributed by atoms with Gasteiger partial charge in [-0.15, -0.1) is 8.78 Å². The molecule has 5 nitrogen and oxygen atoms in total. The number of fused-ring (bicyclic) bond motifs is 1. The SMILES string of the molecule is Cn1ccnc1Nc1ccc2c(c1)OC(F)(F)O2. The van der Waals surface area contributed by atoms with Crippen LogP contribution < -0.4 is 14.8 Å². The average molecular weight is 253 g/mol. The lowest BCUT2D eigenvalue weighted by atomic mass is 10.3. The topological polar surface area (TPSA) is 48.3 Å². The Hall–Kier alpha value is -2.31. The molecule has 1 aliphatic heterocycles. The van der Waals surface area contributed by atoms with E-state index in [0.29, 0.717) is 11.6 Å². The fourth-order valence-corrected chi connectivity index (χ4v) is 1.64. The minimum Gasteiger partial charge on any atom is -0.395 e. The van der Waals surface area contributed by atoms with Crippen molar-refractivity contribution in [2.75, 3.05) is 5.32 Å². The largest absolute Gasteiger partial charge is 0.586 e. The molecule has 0 aliphatic carbocycles. The molecule has 0 bridgehead atoms. The molecule has 1 aromatic heterocycles. The molecule has 18 heavy (non-hydrogen) atoms. The summed E-state index contributed by atoms with van der Waals surface area (Å²) >= 11 is 0. The van der Waals surface area contributed by atoms with Crippen molar-refractivity contribution in [3.05, 3.63) is 30.6 Å². The van der Waals surface area contributed by atoms with E-state index in [4.69, 9.17) is 0 Å². The molecule has 0 radical (unpaired) electrons. The van der Waals surface area contributed by atoms with Crippen LogP contribution in [0.3, 0.4) is 0 Å². The number of rotatable bonds is 2. The van der Waals surface area contributed by atoms with Crippen LogP contribution in [-0.2, 0) is 7.05 Å². The maximum atomic E-state index is 12.8. The molecular weight excluding hydrogens is 244 g/mol. The lowest BCUT2D eigenvalue weighted by molar-refractivity contribution is -0.286. The molecule has 0 atom stereocenters. The highest BCUT2D eigenvalue weighted by Crippen LogP contribution is 2.42. The molecule has 0 amide bonds. The number of anilines is 2. The maximum absolute atomic E-state index is 12.8. The van der Waals surface area contributed by atoms with Gasteiger partial charge in [0.25, 0.3) is 0 Å². The first kappa shape index (κ1) is 10.8. The summed E-state index contributed by atoms with van der Waals surface area (Å²) in [5, 5.41) is 2.98. The number of nitrogens with zero attached hydrogens (tertiary/aromatic N) is 2. The van der Waals surface area contributed by atoms with Gasteiger partial charge in [-0.05, 0) is 12.1 Å². The first-order chi connectivity index (χ1) is 8.53. The number of hydrogen-bond donors (Lipinski definition) is 1. The Balaban J connectivity index is 1.87. The van der Waals surface area contributed by atoms with Crippen molar-refractivity contribution in [3.63, 3.8) is 0 Å². The Morgan fingerprint density at radius 3 is 2.78 bits per heavy atom. The van der Waals surface area contributed by atoms with Gasteiger partial charge in [0.05, 0.1) is 0 Å². The van der Waals surface area contributed by atoms with E-state index in [1.54, 1.807) is 23.0 Å². The highest BCUT2D eigenvalue weighted by atomic mass is 19.3. The monoisotopic (exact) mass is 253 g/mol. The number of ether oxygens (including phenoxy) is 2. The number of halogens is 2. The van der Waals surface area contributed by atoms with Crippen LogP contribution in [0.5, 0.6) is 11.5 Å². The lowest BCUT2D eigenvalue weighted by Gasteiger charge is -2.06. The summed E-state index contributed by atoms with van der Waals surface area (Å²) in [6.45, 7) is 0. The Labute approximate surface area is 101 Å². The molecule has 0 saturated heterocycles. The number of aromatic nitrogens is 2. The number of aryl methyl sites for hydroxylation is 1. The Morgan fingerprint density at radius 1 is 1.28 bits per heavy atom. The quantitative estimate of drug-likeness (QED) is 0.893. The average Bonchev–Trinajstić information content (AvgIpc) is 2.80. The number of nitrogens with one attached hydrogen (secondary N) is 1. The summed E-state index contributed by atoms with van der Waals surface area (Å²) in [5.74, 6) is 0.616. The first-order valence-corrected chi connectivity index (χ1v) is 5.18. The fraction of sp³-hybridized carbons (Fsp3) is 0.182. The third-order valence-corrected chi connectivity index (χ3v) is 2.48. The van der Waals surface area contributed by atoms with Crippen LogP contribution in [0.4, 0.5) is 20.4 Å². The highest BCUT2D eigenvalue weighted by molar-refractivity contribution is 5.60. The van der Waals surface area contributed by atoms with Gasteiger partial charge in [0.15, 0.2) is 11.5 Å². The minimum atomic E-state index is -3.59. The van der Waals surface area contributed by atoms with Gasteiger partial charge in [0, 0.05) is 31.2 Å². The van der Waals surface area contributed by atoms with Crippen molar-refractivity contribution < 1.29 is 18.3 Å². The van der Waals surface area contributed by atoms with Gasteiger partial charge in [-0.3, -0.25) is 0 Å². The third-order valence-electron chi connectivity index (χ3n) is 2.48. The van der Waals surface area contributed by atoms with Crippen LogP contribution in [0.2, 0.25) is 0 Å². The second kappa shape index (κ2) is 3.59. The summed E-state index contributed by atoms with van der Waals surface area (Å²) in [4.78, 5) is 4.06. The molecule has 1 aromatic carbocycles. The predicted octanol–water partition coefficient (Wildman–Crippen LogP) is 2.49. The number of imidazole rings is 1. The van der Waals surface area contributed by atoms with Crippen molar-refractivity contribution in [1.82, 2.24) is 9.55 Å². The smallest absolute Gasteiger partial charge is 0.395 e. The van der Waals surface area contributed by atoms with E-state index in [0.717, 1.165) is 0 Å². The summed E-state index contributed by atoms with van der Waals surface area (Å²) in [7, 11) is 1.82. The van der Waals surface area contributed by atoms with Gasteiger partial charge in [-0.1, -0.05) is 0 Å². The van der Waals surface area contributed by atoms with Crippen molar-refractivity contribution in [2.24, 2.45) is 7.05 Å². The predicted molar refractivity (Wildman–Crippen MR) is 59.1 cm³/mol. The molecule has 0 fully saturated rings. The van der Waals surface area contributed by atoms with Gasteiger partial charge in [-0.2, -0.15) is 0 Å². The second-order valence-corrected chi connectivity index (χ2v) is 3.82. The van der Waals surface area contributed by atoms with Gasteiger partial charge in [0.2, 0.25) is 5.95 Å².